The van der Waals surface area contributed by atoms with E-state index in [2.05, 4.69) is 56.6 Å². The molecule has 1 heterocycles. The monoisotopic (exact) mass is 582 g/mol. The van der Waals surface area contributed by atoms with Gasteiger partial charge in [-0.15, -0.1) is 0 Å². The minimum atomic E-state index is -0.223. The molecule has 4 nitrogen and oxygen atoms in total. The molecule has 5 rings (SSSR count). The zero-order valence-electron chi connectivity index (χ0n) is 18.1. The van der Waals surface area contributed by atoms with Crippen LogP contribution in [0, 0.1) is 0 Å². The fourth-order valence-electron chi connectivity index (χ4n) is 3.53. The van der Waals surface area contributed by atoms with Gasteiger partial charge in [-0.25, -0.2) is 4.99 Å². The first-order valence-corrected chi connectivity index (χ1v) is 13.0. The normalized spacial score (nSPS) is 15.7. The summed E-state index contributed by atoms with van der Waals surface area (Å²) in [7, 11) is 0. The molecule has 0 aromatic heterocycles. The summed E-state index contributed by atoms with van der Waals surface area (Å²) in [5.41, 5.74) is 2.45. The molecular formula is C27H17BrCl2N2O2S. The van der Waals surface area contributed by atoms with E-state index < -0.39 is 0 Å². The van der Waals surface area contributed by atoms with Crippen LogP contribution in [-0.2, 0) is 11.4 Å². The number of hydrogen-bond donors (Lipinski definition) is 1. The van der Waals surface area contributed by atoms with Crippen LogP contribution in [0.1, 0.15) is 11.1 Å². The van der Waals surface area contributed by atoms with E-state index in [1.54, 1.807) is 24.3 Å². The van der Waals surface area contributed by atoms with Gasteiger partial charge in [-0.05, 0) is 86.0 Å². The molecule has 1 fully saturated rings. The van der Waals surface area contributed by atoms with Crippen LogP contribution in [0.15, 0.2) is 93.2 Å². The van der Waals surface area contributed by atoms with Gasteiger partial charge in [0.25, 0.3) is 5.91 Å². The van der Waals surface area contributed by atoms with E-state index in [4.69, 9.17) is 27.9 Å². The van der Waals surface area contributed by atoms with Crippen molar-refractivity contribution in [2.45, 2.75) is 6.61 Å². The molecule has 0 saturated carbocycles. The molecule has 0 spiro atoms. The predicted molar refractivity (Wildman–Crippen MR) is 150 cm³/mol. The summed E-state index contributed by atoms with van der Waals surface area (Å²) in [4.78, 5) is 17.4. The van der Waals surface area contributed by atoms with Crippen LogP contribution in [0.3, 0.4) is 0 Å². The van der Waals surface area contributed by atoms with Gasteiger partial charge >= 0.3 is 0 Å². The third-order valence-electron chi connectivity index (χ3n) is 5.27. The van der Waals surface area contributed by atoms with Gasteiger partial charge in [-0.2, -0.15) is 0 Å². The lowest BCUT2D eigenvalue weighted by atomic mass is 10.1. The summed E-state index contributed by atoms with van der Waals surface area (Å²) in [6.45, 7) is 0.452. The average molecular weight is 584 g/mol. The van der Waals surface area contributed by atoms with E-state index in [1.165, 1.54) is 22.5 Å². The predicted octanol–water partition coefficient (Wildman–Crippen LogP) is 8.38. The Morgan fingerprint density at radius 2 is 1.80 bits per heavy atom. The third-order valence-corrected chi connectivity index (χ3v) is 7.60. The topological polar surface area (TPSA) is 50.7 Å². The zero-order chi connectivity index (χ0) is 24.4. The number of hydrogen-bond acceptors (Lipinski definition) is 4. The van der Waals surface area contributed by atoms with Crippen molar-refractivity contribution in [2.75, 3.05) is 0 Å². The van der Waals surface area contributed by atoms with Gasteiger partial charge < -0.3 is 10.1 Å². The Kier molecular flexibility index (Phi) is 7.16. The molecule has 35 heavy (non-hydrogen) atoms. The lowest BCUT2D eigenvalue weighted by molar-refractivity contribution is -0.115. The summed E-state index contributed by atoms with van der Waals surface area (Å²) >= 11 is 17.1. The molecule has 0 atom stereocenters. The molecule has 1 saturated heterocycles. The molecule has 0 radical (unpaired) electrons. The van der Waals surface area contributed by atoms with Crippen molar-refractivity contribution in [3.8, 4) is 5.75 Å². The molecule has 8 heteroatoms. The van der Waals surface area contributed by atoms with Gasteiger partial charge in [0, 0.05) is 0 Å². The number of nitrogens with one attached hydrogen (secondary N) is 1. The molecule has 1 amide bonds. The summed E-state index contributed by atoms with van der Waals surface area (Å²) < 4.78 is 6.83. The molecule has 1 N–H and O–H groups in total. The lowest BCUT2D eigenvalue weighted by Gasteiger charge is -2.10. The molecule has 1 aliphatic heterocycles. The van der Waals surface area contributed by atoms with Crippen molar-refractivity contribution in [2.24, 2.45) is 4.99 Å². The van der Waals surface area contributed by atoms with Crippen LogP contribution in [-0.4, -0.2) is 11.1 Å². The molecule has 174 valence electrons. The number of aliphatic imine (C=N–C) groups is 1. The molecule has 0 aliphatic carbocycles. The third kappa shape index (κ3) is 5.57. The molecule has 0 bridgehead atoms. The average Bonchev–Trinajstić information content (AvgIpc) is 3.19. The Balaban J connectivity index is 1.29. The van der Waals surface area contributed by atoms with Crippen molar-refractivity contribution in [3.63, 3.8) is 0 Å². The number of amidine groups is 1. The maximum atomic E-state index is 12.5. The Hall–Kier alpha value is -2.77. The van der Waals surface area contributed by atoms with Gasteiger partial charge in [0.1, 0.15) is 12.4 Å². The number of carbonyl (C=O) groups excluding carboxylic acids is 1. The fraction of sp³-hybridized carbons (Fsp3) is 0.0370. The first kappa shape index (κ1) is 23.9. The van der Waals surface area contributed by atoms with Crippen LogP contribution in [0.4, 0.5) is 5.69 Å². The van der Waals surface area contributed by atoms with Crippen molar-refractivity contribution < 1.29 is 9.53 Å². The lowest BCUT2D eigenvalue weighted by Crippen LogP contribution is -2.19. The number of thioether (sulfide) groups is 1. The minimum Gasteiger partial charge on any atom is -0.488 e. The summed E-state index contributed by atoms with van der Waals surface area (Å²) in [6, 6.07) is 25.4. The highest BCUT2D eigenvalue weighted by Gasteiger charge is 2.24. The van der Waals surface area contributed by atoms with Crippen LogP contribution >= 0.6 is 50.9 Å². The van der Waals surface area contributed by atoms with Crippen LogP contribution in [0.25, 0.3) is 16.8 Å². The van der Waals surface area contributed by atoms with E-state index in [0.29, 0.717) is 32.4 Å². The van der Waals surface area contributed by atoms with Crippen molar-refractivity contribution in [3.05, 3.63) is 109 Å². The Labute approximate surface area is 225 Å². The van der Waals surface area contributed by atoms with Crippen molar-refractivity contribution >= 4 is 84.5 Å². The number of fused-ring (bicyclic) bond motifs is 1. The highest BCUT2D eigenvalue weighted by molar-refractivity contribution is 9.10. The van der Waals surface area contributed by atoms with E-state index in [9.17, 15) is 4.79 Å². The largest absolute Gasteiger partial charge is 0.488 e. The molecule has 0 unspecified atom stereocenters. The van der Waals surface area contributed by atoms with Gasteiger partial charge in [-0.3, -0.25) is 4.79 Å². The highest BCUT2D eigenvalue weighted by Crippen LogP contribution is 2.35. The van der Waals surface area contributed by atoms with E-state index >= 15 is 0 Å². The first-order valence-electron chi connectivity index (χ1n) is 10.6. The van der Waals surface area contributed by atoms with E-state index in [1.807, 2.05) is 30.3 Å². The number of rotatable bonds is 5. The number of carbonyl (C=O) groups is 1. The molecule has 4 aromatic carbocycles. The zero-order valence-corrected chi connectivity index (χ0v) is 22.0. The van der Waals surface area contributed by atoms with Crippen LogP contribution in [0.2, 0.25) is 10.0 Å². The SMILES string of the molecule is O=C1NC(=Nc2cccc(Cl)c2Cl)S/C1=C\c1ccc(OCc2ccc3ccccc3c2)c(Br)c1. The second-order valence-corrected chi connectivity index (χ2v) is 10.4. The molecule has 4 aromatic rings. The van der Waals surface area contributed by atoms with Gasteiger partial charge in [0.05, 0.1) is 25.1 Å². The maximum Gasteiger partial charge on any atom is 0.264 e. The summed E-state index contributed by atoms with van der Waals surface area (Å²) in [5, 5.41) is 6.35. The van der Waals surface area contributed by atoms with E-state index in [-0.39, 0.29) is 5.91 Å². The first-order chi connectivity index (χ1) is 17.0. The smallest absolute Gasteiger partial charge is 0.264 e. The van der Waals surface area contributed by atoms with Gasteiger partial charge in [-0.1, -0.05) is 71.7 Å². The summed E-state index contributed by atoms with van der Waals surface area (Å²) in [5.74, 6) is 0.501. The number of benzene rings is 4. The standard InChI is InChI=1S/C27H17BrCl2N2O2S/c28-20-13-16(9-11-23(20)34-15-17-8-10-18-4-1-2-5-19(18)12-17)14-24-26(33)32-27(35-24)31-22-7-3-6-21(29)25(22)30/h1-14H,15H2,(H,31,32,33)/b24-14-. The van der Waals surface area contributed by atoms with E-state index in [0.717, 1.165) is 21.3 Å². The number of ether oxygens (including phenoxy) is 1. The molecular weight excluding hydrogens is 567 g/mol. The Morgan fingerprint density at radius 1 is 0.971 bits per heavy atom. The minimum absolute atomic E-state index is 0.223. The number of halogens is 3. The number of amides is 1. The van der Waals surface area contributed by atoms with Gasteiger partial charge in [0.15, 0.2) is 5.17 Å². The second-order valence-electron chi connectivity index (χ2n) is 7.71. The molecule has 1 aliphatic rings. The highest BCUT2D eigenvalue weighted by atomic mass is 79.9. The fourth-order valence-corrected chi connectivity index (χ4v) is 5.22. The van der Waals surface area contributed by atoms with Crippen molar-refractivity contribution in [1.29, 1.82) is 0 Å². The second kappa shape index (κ2) is 10.5. The Bertz CT molecular complexity index is 1520. The van der Waals surface area contributed by atoms with Gasteiger partial charge in [0.2, 0.25) is 0 Å². The summed E-state index contributed by atoms with van der Waals surface area (Å²) in [6.07, 6.45) is 1.81. The number of nitrogens with zero attached hydrogens (tertiary/aromatic N) is 1. The van der Waals surface area contributed by atoms with Crippen LogP contribution < -0.4 is 10.1 Å². The quantitative estimate of drug-likeness (QED) is 0.240. The Morgan fingerprint density at radius 3 is 2.63 bits per heavy atom. The van der Waals surface area contributed by atoms with Crippen LogP contribution in [0.5, 0.6) is 5.75 Å². The van der Waals surface area contributed by atoms with Crippen molar-refractivity contribution in [1.82, 2.24) is 5.32 Å². The maximum absolute atomic E-state index is 12.5.